The molecule has 258 valence electrons. The van der Waals surface area contributed by atoms with Crippen LogP contribution in [0.4, 0.5) is 14.5 Å². The van der Waals surface area contributed by atoms with Gasteiger partial charge in [-0.05, 0) is 97.7 Å². The Morgan fingerprint density at radius 1 is 1.17 bits per heavy atom. The lowest BCUT2D eigenvalue weighted by Crippen LogP contribution is -2.58. The summed E-state index contributed by atoms with van der Waals surface area (Å²) in [5.41, 5.74) is 2.77. The summed E-state index contributed by atoms with van der Waals surface area (Å²) in [6.45, 7) is 10.5. The van der Waals surface area contributed by atoms with E-state index in [9.17, 15) is 13.6 Å². The maximum Gasteiger partial charge on any atom is 0.261 e. The van der Waals surface area contributed by atoms with Crippen LogP contribution in [0.2, 0.25) is 5.02 Å². The van der Waals surface area contributed by atoms with Crippen LogP contribution in [0, 0.1) is 23.2 Å². The van der Waals surface area contributed by atoms with Gasteiger partial charge in [0.25, 0.3) is 12.0 Å². The summed E-state index contributed by atoms with van der Waals surface area (Å²) in [4.78, 5) is 26.5. The summed E-state index contributed by atoms with van der Waals surface area (Å²) in [5.74, 6) is 3.22. The van der Waals surface area contributed by atoms with Gasteiger partial charge in [0.05, 0.1) is 23.0 Å². The maximum absolute atomic E-state index is 14.1. The van der Waals surface area contributed by atoms with Gasteiger partial charge in [-0.25, -0.2) is 18.8 Å². The molecule has 5 fully saturated rings. The monoisotopic (exact) mass is 679 g/mol. The van der Waals surface area contributed by atoms with E-state index < -0.39 is 12.5 Å². The Kier molecular flexibility index (Phi) is 9.52. The number of halogens is 3. The number of fused-ring (bicyclic) bond motifs is 3. The van der Waals surface area contributed by atoms with E-state index in [2.05, 4.69) is 36.7 Å². The van der Waals surface area contributed by atoms with Crippen LogP contribution in [0.3, 0.4) is 0 Å². The Bertz CT molecular complexity index is 1700. The zero-order valence-corrected chi connectivity index (χ0v) is 28.9. The lowest BCUT2D eigenvalue weighted by molar-refractivity contribution is -0.108. The first kappa shape index (κ1) is 33.4. The summed E-state index contributed by atoms with van der Waals surface area (Å²) in [6, 6.07) is 12.6. The molecule has 48 heavy (non-hydrogen) atoms. The fourth-order valence-corrected chi connectivity index (χ4v) is 8.85. The molecule has 3 aromatic rings. The Balaban J connectivity index is 1.21. The van der Waals surface area contributed by atoms with Gasteiger partial charge in [-0.2, -0.15) is 0 Å². The summed E-state index contributed by atoms with van der Waals surface area (Å²) in [5, 5.41) is 11.2. The van der Waals surface area contributed by atoms with E-state index in [4.69, 9.17) is 21.6 Å². The molecule has 2 aliphatic heterocycles. The molecule has 8 nitrogen and oxygen atoms in total. The first-order valence-electron chi connectivity index (χ1n) is 17.7. The maximum atomic E-state index is 14.1. The molecule has 3 N–H and O–H groups in total. The number of alkyl halides is 2. The molecule has 0 amide bonds. The fourth-order valence-electron chi connectivity index (χ4n) is 8.72. The number of piperidine rings is 1. The highest BCUT2D eigenvalue weighted by Crippen LogP contribution is 2.61. The molecule has 5 aliphatic rings. The molecule has 1 unspecified atom stereocenters. The highest BCUT2D eigenvalue weighted by atomic mass is 35.5. The largest absolute Gasteiger partial charge is 0.340 e. The fraction of sp³-hybridized carbons (Fsp3) is 0.595. The van der Waals surface area contributed by atoms with Crippen LogP contribution in [0.25, 0.3) is 10.9 Å². The summed E-state index contributed by atoms with van der Waals surface area (Å²) in [7, 11) is 0. The van der Waals surface area contributed by atoms with Crippen LogP contribution >= 0.6 is 11.6 Å². The molecule has 1 aromatic heterocycles. The number of piperazine rings is 1. The Hall–Kier alpha value is -3.08. The van der Waals surface area contributed by atoms with Crippen molar-refractivity contribution >= 4 is 34.2 Å². The number of hydrogen-bond donors (Lipinski definition) is 3. The van der Waals surface area contributed by atoms with Crippen molar-refractivity contribution in [3.8, 4) is 0 Å². The van der Waals surface area contributed by atoms with Crippen molar-refractivity contribution in [1.29, 1.82) is 0 Å². The lowest BCUT2D eigenvalue weighted by Gasteiger charge is -2.61. The standard InChI is InChI=1S/C37H48ClF2N7O/c1-22-29-17-25(37(29,2)3)18-30(22)45-36(46-16-14-42-32(21-46)33(39)40)43-27-10-11-28-31(19-27)44-34(24-5-4-13-41-20-24)47(35(28)48)15-12-23-6-8-26(38)9-7-23/h6-11,19,22,24-25,29-30,32-33,41-42H,4-5,12-18,20-21H2,1-3H3,(H,43,45)/t22-,24?,25+,29-,30-,32+/m0/s1. The van der Waals surface area contributed by atoms with Gasteiger partial charge in [-0.3, -0.25) is 9.36 Å². The second-order valence-electron chi connectivity index (χ2n) is 15.0. The number of aliphatic imine (C=N–C) groups is 1. The van der Waals surface area contributed by atoms with Crippen molar-refractivity contribution < 1.29 is 8.78 Å². The molecule has 2 saturated heterocycles. The van der Waals surface area contributed by atoms with Crippen molar-refractivity contribution in [2.45, 2.75) is 83.8 Å². The first-order valence-corrected chi connectivity index (χ1v) is 18.1. The molecule has 3 saturated carbocycles. The number of rotatable bonds is 7. The van der Waals surface area contributed by atoms with E-state index in [-0.39, 0.29) is 24.1 Å². The van der Waals surface area contributed by atoms with Gasteiger partial charge in [-0.15, -0.1) is 0 Å². The molecule has 6 atom stereocenters. The number of benzene rings is 2. The van der Waals surface area contributed by atoms with Crippen molar-refractivity contribution in [2.24, 2.45) is 28.2 Å². The molecular weight excluding hydrogens is 632 g/mol. The van der Waals surface area contributed by atoms with Gasteiger partial charge in [0.15, 0.2) is 5.96 Å². The zero-order chi connectivity index (χ0) is 33.6. The summed E-state index contributed by atoms with van der Waals surface area (Å²) < 4.78 is 29.6. The lowest BCUT2D eigenvalue weighted by atomic mass is 9.45. The van der Waals surface area contributed by atoms with E-state index >= 15 is 0 Å². The molecule has 3 aliphatic carbocycles. The van der Waals surface area contributed by atoms with E-state index in [0.29, 0.717) is 71.1 Å². The van der Waals surface area contributed by atoms with Gasteiger partial charge in [0, 0.05) is 49.4 Å². The van der Waals surface area contributed by atoms with Crippen LogP contribution in [0.5, 0.6) is 0 Å². The van der Waals surface area contributed by atoms with Gasteiger partial charge < -0.3 is 20.9 Å². The Morgan fingerprint density at radius 3 is 2.69 bits per heavy atom. The third-order valence-corrected chi connectivity index (χ3v) is 12.1. The van der Waals surface area contributed by atoms with Gasteiger partial charge in [-0.1, -0.05) is 44.5 Å². The number of nitrogens with one attached hydrogen (secondary N) is 3. The molecule has 2 bridgehead atoms. The predicted octanol–water partition coefficient (Wildman–Crippen LogP) is 6.14. The second-order valence-corrected chi connectivity index (χ2v) is 15.5. The van der Waals surface area contributed by atoms with Crippen LogP contribution < -0.4 is 21.5 Å². The topological polar surface area (TPSA) is 86.6 Å². The summed E-state index contributed by atoms with van der Waals surface area (Å²) in [6.07, 6.45) is 2.48. The van der Waals surface area contributed by atoms with Crippen LogP contribution in [-0.2, 0) is 13.0 Å². The van der Waals surface area contributed by atoms with Gasteiger partial charge in [0.1, 0.15) is 5.82 Å². The highest BCUT2D eigenvalue weighted by Gasteiger charge is 2.56. The number of anilines is 1. The molecule has 11 heteroatoms. The number of guanidine groups is 1. The quantitative estimate of drug-likeness (QED) is 0.206. The van der Waals surface area contributed by atoms with E-state index in [1.54, 1.807) is 0 Å². The van der Waals surface area contributed by atoms with Crippen LogP contribution in [0.1, 0.15) is 63.8 Å². The van der Waals surface area contributed by atoms with Crippen molar-refractivity contribution in [3.05, 3.63) is 69.2 Å². The minimum Gasteiger partial charge on any atom is -0.340 e. The Labute approximate surface area is 286 Å². The summed E-state index contributed by atoms with van der Waals surface area (Å²) >= 11 is 6.11. The normalized spacial score (nSPS) is 28.8. The van der Waals surface area contributed by atoms with E-state index in [1.807, 2.05) is 51.9 Å². The van der Waals surface area contributed by atoms with E-state index in [0.717, 1.165) is 49.4 Å². The number of hydrogen-bond acceptors (Lipinski definition) is 5. The van der Waals surface area contributed by atoms with Crippen LogP contribution in [-0.4, -0.2) is 71.6 Å². The SMILES string of the molecule is C[C@@H]1[C@@H](/N=C(/Nc2ccc3c(=O)n(CCc4ccc(Cl)cc4)c(C4CCCNC4)nc3c2)N2CCN[C@@H](C(F)F)C2)C[C@H]2C[C@@H]1C2(C)C. The first-order chi connectivity index (χ1) is 23.1. The third-order valence-electron chi connectivity index (χ3n) is 11.9. The zero-order valence-electron chi connectivity index (χ0n) is 28.2. The highest BCUT2D eigenvalue weighted by molar-refractivity contribution is 6.30. The van der Waals surface area contributed by atoms with Crippen molar-refractivity contribution in [2.75, 3.05) is 38.0 Å². The smallest absolute Gasteiger partial charge is 0.261 e. The average molecular weight is 680 g/mol. The molecular formula is C37H48ClF2N7O. The molecule has 8 rings (SSSR count). The van der Waals surface area contributed by atoms with E-state index in [1.165, 1.54) is 6.42 Å². The molecule has 3 heterocycles. The molecule has 0 spiro atoms. The predicted molar refractivity (Wildman–Crippen MR) is 189 cm³/mol. The third kappa shape index (κ3) is 6.60. The minimum atomic E-state index is -2.46. The average Bonchev–Trinajstić information content (AvgIpc) is 3.09. The molecule has 0 radical (unpaired) electrons. The Morgan fingerprint density at radius 2 is 1.98 bits per heavy atom. The van der Waals surface area contributed by atoms with Gasteiger partial charge in [0.2, 0.25) is 0 Å². The number of aryl methyl sites for hydroxylation is 1. The van der Waals surface area contributed by atoms with Crippen molar-refractivity contribution in [1.82, 2.24) is 25.1 Å². The number of nitrogens with zero attached hydrogens (tertiary/aromatic N) is 4. The van der Waals surface area contributed by atoms with Crippen molar-refractivity contribution in [3.63, 3.8) is 0 Å². The molecule has 2 aromatic carbocycles. The second kappa shape index (κ2) is 13.7. The van der Waals surface area contributed by atoms with Crippen LogP contribution in [0.15, 0.2) is 52.3 Å². The van der Waals surface area contributed by atoms with Gasteiger partial charge >= 0.3 is 0 Å². The minimum absolute atomic E-state index is 0.0465. The number of aromatic nitrogens is 2.